The Bertz CT molecular complexity index is 256. The number of nitrogens with one attached hydrogen (secondary N) is 1. The maximum absolute atomic E-state index is 4.07. The van der Waals surface area contributed by atoms with Gasteiger partial charge in [-0.2, -0.15) is 0 Å². The Hall–Kier alpha value is -0.900. The molecule has 0 aromatic carbocycles. The molecule has 1 aromatic heterocycles. The van der Waals surface area contributed by atoms with E-state index in [2.05, 4.69) is 22.6 Å². The summed E-state index contributed by atoms with van der Waals surface area (Å²) in [5.74, 6) is 0. The average Bonchev–Trinajstić information content (AvgIpc) is 2.59. The molecule has 14 heavy (non-hydrogen) atoms. The van der Waals surface area contributed by atoms with Gasteiger partial charge in [0.05, 0.1) is 5.69 Å². The SMILES string of the molecule is CCCC(CCc1cn(C)nn1)NC. The van der Waals surface area contributed by atoms with Crippen LogP contribution in [0.1, 0.15) is 31.9 Å². The minimum atomic E-state index is 0.613. The Kier molecular flexibility index (Phi) is 4.59. The first-order valence-electron chi connectivity index (χ1n) is 5.28. The molecule has 0 bridgehead atoms. The lowest BCUT2D eigenvalue weighted by molar-refractivity contribution is 0.482. The molecule has 0 aliphatic carbocycles. The van der Waals surface area contributed by atoms with E-state index in [4.69, 9.17) is 0 Å². The molecule has 4 heteroatoms. The van der Waals surface area contributed by atoms with Gasteiger partial charge >= 0.3 is 0 Å². The van der Waals surface area contributed by atoms with Crippen LogP contribution in [0.2, 0.25) is 0 Å². The highest BCUT2D eigenvalue weighted by Crippen LogP contribution is 2.05. The molecule has 0 amide bonds. The molecule has 1 N–H and O–H groups in total. The van der Waals surface area contributed by atoms with Crippen molar-refractivity contribution < 1.29 is 0 Å². The van der Waals surface area contributed by atoms with Gasteiger partial charge in [0, 0.05) is 19.3 Å². The van der Waals surface area contributed by atoms with E-state index in [0.717, 1.165) is 18.5 Å². The maximum atomic E-state index is 4.07. The van der Waals surface area contributed by atoms with E-state index in [9.17, 15) is 0 Å². The van der Waals surface area contributed by atoms with Crippen molar-refractivity contribution in [3.63, 3.8) is 0 Å². The Labute approximate surface area is 85.7 Å². The van der Waals surface area contributed by atoms with Gasteiger partial charge in [-0.05, 0) is 26.3 Å². The molecule has 0 spiro atoms. The zero-order chi connectivity index (χ0) is 10.4. The van der Waals surface area contributed by atoms with Crippen LogP contribution in [0.4, 0.5) is 0 Å². The third-order valence-electron chi connectivity index (χ3n) is 2.44. The second-order valence-electron chi connectivity index (χ2n) is 3.70. The first-order valence-corrected chi connectivity index (χ1v) is 5.28. The van der Waals surface area contributed by atoms with Crippen molar-refractivity contribution >= 4 is 0 Å². The monoisotopic (exact) mass is 196 g/mol. The fourth-order valence-electron chi connectivity index (χ4n) is 1.61. The second kappa shape index (κ2) is 5.75. The van der Waals surface area contributed by atoms with Crippen molar-refractivity contribution in [2.75, 3.05) is 7.05 Å². The highest BCUT2D eigenvalue weighted by Gasteiger charge is 2.06. The highest BCUT2D eigenvalue weighted by atomic mass is 15.4. The van der Waals surface area contributed by atoms with Gasteiger partial charge in [-0.1, -0.05) is 18.6 Å². The summed E-state index contributed by atoms with van der Waals surface area (Å²) in [5, 5.41) is 11.3. The van der Waals surface area contributed by atoms with Gasteiger partial charge in [-0.15, -0.1) is 5.10 Å². The smallest absolute Gasteiger partial charge is 0.0827 e. The average molecular weight is 196 g/mol. The molecule has 0 aliphatic heterocycles. The van der Waals surface area contributed by atoms with Crippen molar-refractivity contribution in [1.29, 1.82) is 0 Å². The Morgan fingerprint density at radius 1 is 1.50 bits per heavy atom. The van der Waals surface area contributed by atoms with Crippen molar-refractivity contribution in [3.8, 4) is 0 Å². The molecular weight excluding hydrogens is 176 g/mol. The third kappa shape index (κ3) is 3.46. The van der Waals surface area contributed by atoms with Crippen molar-refractivity contribution in [1.82, 2.24) is 20.3 Å². The van der Waals surface area contributed by atoms with Crippen LogP contribution in [0.15, 0.2) is 6.20 Å². The largest absolute Gasteiger partial charge is 0.317 e. The Morgan fingerprint density at radius 3 is 2.79 bits per heavy atom. The van der Waals surface area contributed by atoms with Crippen molar-refractivity contribution in [2.45, 2.75) is 38.6 Å². The predicted molar refractivity (Wildman–Crippen MR) is 57.1 cm³/mol. The molecule has 80 valence electrons. The minimum absolute atomic E-state index is 0.613. The molecule has 1 atom stereocenters. The van der Waals surface area contributed by atoms with Crippen LogP contribution >= 0.6 is 0 Å². The molecule has 0 radical (unpaired) electrons. The van der Waals surface area contributed by atoms with E-state index in [-0.39, 0.29) is 0 Å². The van der Waals surface area contributed by atoms with Gasteiger partial charge in [0.15, 0.2) is 0 Å². The molecule has 1 aromatic rings. The number of nitrogens with zero attached hydrogens (tertiary/aromatic N) is 3. The van der Waals surface area contributed by atoms with Crippen LogP contribution in [-0.2, 0) is 13.5 Å². The lowest BCUT2D eigenvalue weighted by Crippen LogP contribution is -2.25. The fourth-order valence-corrected chi connectivity index (χ4v) is 1.61. The summed E-state index contributed by atoms with van der Waals surface area (Å²) < 4.78 is 1.75. The number of aromatic nitrogens is 3. The maximum Gasteiger partial charge on any atom is 0.0827 e. The summed E-state index contributed by atoms with van der Waals surface area (Å²) >= 11 is 0. The lowest BCUT2D eigenvalue weighted by Gasteiger charge is -2.13. The van der Waals surface area contributed by atoms with Gasteiger partial charge in [-0.3, -0.25) is 4.68 Å². The van der Waals surface area contributed by atoms with E-state index in [1.54, 1.807) is 4.68 Å². The minimum Gasteiger partial charge on any atom is -0.317 e. The van der Waals surface area contributed by atoms with Crippen LogP contribution in [-0.4, -0.2) is 28.1 Å². The fraction of sp³-hybridized carbons (Fsp3) is 0.800. The van der Waals surface area contributed by atoms with Crippen LogP contribution in [0.25, 0.3) is 0 Å². The van der Waals surface area contributed by atoms with Crippen molar-refractivity contribution in [2.24, 2.45) is 7.05 Å². The molecular formula is C10H20N4. The van der Waals surface area contributed by atoms with Gasteiger partial charge < -0.3 is 5.32 Å². The quantitative estimate of drug-likeness (QED) is 0.742. The van der Waals surface area contributed by atoms with Crippen LogP contribution < -0.4 is 5.32 Å². The lowest BCUT2D eigenvalue weighted by atomic mass is 10.1. The normalized spacial score (nSPS) is 13.1. The predicted octanol–water partition coefficient (Wildman–Crippen LogP) is 1.14. The summed E-state index contributed by atoms with van der Waals surface area (Å²) in [5.41, 5.74) is 1.09. The van der Waals surface area contributed by atoms with Gasteiger partial charge in [0.25, 0.3) is 0 Å². The number of aryl methyl sites for hydroxylation is 2. The van der Waals surface area contributed by atoms with Gasteiger partial charge in [0.2, 0.25) is 0 Å². The van der Waals surface area contributed by atoms with Crippen LogP contribution in [0.3, 0.4) is 0 Å². The zero-order valence-electron chi connectivity index (χ0n) is 9.32. The molecule has 0 aliphatic rings. The summed E-state index contributed by atoms with van der Waals surface area (Å²) in [7, 11) is 3.93. The van der Waals surface area contributed by atoms with E-state index in [1.807, 2.05) is 20.3 Å². The number of hydrogen-bond acceptors (Lipinski definition) is 3. The molecule has 4 nitrogen and oxygen atoms in total. The van der Waals surface area contributed by atoms with Crippen molar-refractivity contribution in [3.05, 3.63) is 11.9 Å². The number of hydrogen-bond donors (Lipinski definition) is 1. The van der Waals surface area contributed by atoms with Gasteiger partial charge in [0.1, 0.15) is 0 Å². The third-order valence-corrected chi connectivity index (χ3v) is 2.44. The zero-order valence-corrected chi connectivity index (χ0v) is 9.32. The van der Waals surface area contributed by atoms with Gasteiger partial charge in [-0.25, -0.2) is 0 Å². The topological polar surface area (TPSA) is 42.7 Å². The van der Waals surface area contributed by atoms with Crippen LogP contribution in [0.5, 0.6) is 0 Å². The Morgan fingerprint density at radius 2 is 2.29 bits per heavy atom. The molecule has 0 saturated carbocycles. The summed E-state index contributed by atoms with van der Waals surface area (Å²) in [4.78, 5) is 0. The molecule has 1 rings (SSSR count). The van der Waals surface area contributed by atoms with E-state index < -0.39 is 0 Å². The first kappa shape index (κ1) is 11.2. The first-order chi connectivity index (χ1) is 6.76. The van der Waals surface area contributed by atoms with Crippen LogP contribution in [0, 0.1) is 0 Å². The molecule has 0 fully saturated rings. The van der Waals surface area contributed by atoms with E-state index in [0.29, 0.717) is 6.04 Å². The molecule has 1 unspecified atom stereocenters. The standard InChI is InChI=1S/C10H20N4/c1-4-5-9(11-2)6-7-10-8-14(3)13-12-10/h8-9,11H,4-7H2,1-3H3. The summed E-state index contributed by atoms with van der Waals surface area (Å²) in [6.45, 7) is 2.21. The number of rotatable bonds is 6. The highest BCUT2D eigenvalue weighted by molar-refractivity contribution is 4.92. The van der Waals surface area contributed by atoms with E-state index in [1.165, 1.54) is 12.8 Å². The van der Waals surface area contributed by atoms with E-state index >= 15 is 0 Å². The summed E-state index contributed by atoms with van der Waals surface area (Å²) in [6, 6.07) is 0.613. The second-order valence-corrected chi connectivity index (χ2v) is 3.70. The molecule has 0 saturated heterocycles. The Balaban J connectivity index is 2.31. The summed E-state index contributed by atoms with van der Waals surface area (Å²) in [6.07, 6.45) is 6.60. The molecule has 1 heterocycles.